The maximum atomic E-state index is 6.58. The van der Waals surface area contributed by atoms with Gasteiger partial charge < -0.3 is 4.42 Å². The topological polar surface area (TPSA) is 51.8 Å². The zero-order chi connectivity index (χ0) is 44.4. The number of allylic oxidation sites excluding steroid dienone is 4. The number of hydrogen-bond donors (Lipinski definition) is 0. The van der Waals surface area contributed by atoms with Crippen molar-refractivity contribution in [1.29, 1.82) is 0 Å². The molecule has 67 heavy (non-hydrogen) atoms. The predicted octanol–water partition coefficient (Wildman–Crippen LogP) is 17.3. The molecule has 0 spiro atoms. The summed E-state index contributed by atoms with van der Waals surface area (Å²) in [6.07, 6.45) is 7.74. The molecule has 4 nitrogen and oxygen atoms in total. The van der Waals surface area contributed by atoms with Crippen LogP contribution in [-0.4, -0.2) is 15.0 Å². The van der Waals surface area contributed by atoms with Crippen LogP contribution in [0, 0.1) is 5.92 Å². The highest BCUT2D eigenvalue weighted by Gasteiger charge is 2.21. The van der Waals surface area contributed by atoms with Gasteiger partial charge in [0.15, 0.2) is 17.5 Å². The zero-order valence-corrected chi connectivity index (χ0v) is 37.5. The quantitative estimate of drug-likeness (QED) is 0.160. The van der Waals surface area contributed by atoms with Crippen LogP contribution >= 0.6 is 11.3 Å². The van der Waals surface area contributed by atoms with Gasteiger partial charge in [0.05, 0.1) is 0 Å². The molecule has 1 atom stereocenters. The Bertz CT molecular complexity index is 3970. The largest absolute Gasteiger partial charge is 0.456 e. The lowest BCUT2D eigenvalue weighted by atomic mass is 9.87. The van der Waals surface area contributed by atoms with E-state index in [0.29, 0.717) is 23.4 Å². The average Bonchev–Trinajstić information content (AvgIpc) is 3.98. The molecule has 0 amide bonds. The maximum absolute atomic E-state index is 6.58. The SMILES string of the molecule is CC1CC=CC=C1c1cccc(-c2ccc(-c3nc(-c4cccc(-c5cccc6c5sc5c7ccccc7ccc65)c4)nc(-c4cccc5oc6cccc(-c7ccccc7)c6c45)n3)cc2)c1. The van der Waals surface area contributed by atoms with Gasteiger partial charge in [-0.2, -0.15) is 0 Å². The first-order valence-corrected chi connectivity index (χ1v) is 23.7. The highest BCUT2D eigenvalue weighted by molar-refractivity contribution is 7.27. The van der Waals surface area contributed by atoms with E-state index < -0.39 is 0 Å². The molecule has 0 N–H and O–H groups in total. The molecule has 0 fully saturated rings. The normalized spacial score (nSPS) is 13.9. The molecule has 0 aliphatic heterocycles. The summed E-state index contributed by atoms with van der Waals surface area (Å²) in [5, 5.41) is 7.11. The third-order valence-electron chi connectivity index (χ3n) is 13.4. The summed E-state index contributed by atoms with van der Waals surface area (Å²) in [6, 6.07) is 69.0. The van der Waals surface area contributed by atoms with Crippen molar-refractivity contribution in [3.05, 3.63) is 218 Å². The standard InChI is InChI=1S/C62H41N3OS/c1-38-14-5-7-22-47(38)44-19-9-18-43(36-44)39-30-32-42(33-31-39)60-63-61(65-62(64-60)53-27-13-29-55-57(53)56-48(24-12-28-54(56)66-55)40-15-3-2-4-16-40)46-21-10-20-45(37-46)50-25-11-26-51-52-35-34-41-17-6-8-23-49(41)58(52)67-59(50)51/h2-13,15-38H,14H2,1H3. The molecule has 1 aliphatic rings. The summed E-state index contributed by atoms with van der Waals surface area (Å²) in [7, 11) is 0. The first-order valence-electron chi connectivity index (χ1n) is 22.9. The molecule has 5 heteroatoms. The molecule has 12 aromatic rings. The van der Waals surface area contributed by atoms with Crippen LogP contribution in [0.2, 0.25) is 0 Å². The number of nitrogens with zero attached hydrogens (tertiary/aromatic N) is 3. The molecule has 13 rings (SSSR count). The molecule has 0 saturated heterocycles. The Morgan fingerprint density at radius 2 is 1.03 bits per heavy atom. The first kappa shape index (κ1) is 39.1. The Labute approximate surface area is 391 Å². The van der Waals surface area contributed by atoms with Crippen molar-refractivity contribution in [2.45, 2.75) is 13.3 Å². The van der Waals surface area contributed by atoms with Crippen LogP contribution in [0.5, 0.6) is 0 Å². The monoisotopic (exact) mass is 875 g/mol. The Morgan fingerprint density at radius 3 is 1.87 bits per heavy atom. The van der Waals surface area contributed by atoms with Crippen molar-refractivity contribution >= 4 is 69.8 Å². The van der Waals surface area contributed by atoms with Gasteiger partial charge in [0.2, 0.25) is 0 Å². The lowest BCUT2D eigenvalue weighted by Crippen LogP contribution is -2.01. The average molecular weight is 876 g/mol. The molecule has 9 aromatic carbocycles. The van der Waals surface area contributed by atoms with Crippen LogP contribution in [0.4, 0.5) is 0 Å². The first-order chi connectivity index (χ1) is 33.1. The summed E-state index contributed by atoms with van der Waals surface area (Å²) in [4.78, 5) is 16.0. The molecule has 0 bridgehead atoms. The minimum Gasteiger partial charge on any atom is -0.456 e. The van der Waals surface area contributed by atoms with Crippen LogP contribution in [0.15, 0.2) is 217 Å². The van der Waals surface area contributed by atoms with Gasteiger partial charge in [-0.3, -0.25) is 0 Å². The van der Waals surface area contributed by atoms with Gasteiger partial charge in [-0.1, -0.05) is 195 Å². The number of rotatable bonds is 7. The van der Waals surface area contributed by atoms with Crippen LogP contribution in [-0.2, 0) is 0 Å². The van der Waals surface area contributed by atoms with E-state index in [0.717, 1.165) is 67.3 Å². The van der Waals surface area contributed by atoms with Gasteiger partial charge >= 0.3 is 0 Å². The van der Waals surface area contributed by atoms with Gasteiger partial charge in [-0.05, 0) is 91.9 Å². The van der Waals surface area contributed by atoms with Crippen molar-refractivity contribution in [2.24, 2.45) is 5.92 Å². The number of furan rings is 1. The van der Waals surface area contributed by atoms with Crippen molar-refractivity contribution in [1.82, 2.24) is 15.0 Å². The van der Waals surface area contributed by atoms with E-state index in [-0.39, 0.29) is 0 Å². The fourth-order valence-electron chi connectivity index (χ4n) is 10.1. The lowest BCUT2D eigenvalue weighted by Gasteiger charge is -2.18. The fourth-order valence-corrected chi connectivity index (χ4v) is 11.4. The highest BCUT2D eigenvalue weighted by atomic mass is 32.1. The summed E-state index contributed by atoms with van der Waals surface area (Å²) < 4.78 is 9.16. The van der Waals surface area contributed by atoms with Gasteiger partial charge in [0.1, 0.15) is 11.2 Å². The molecule has 316 valence electrons. The van der Waals surface area contributed by atoms with Gasteiger partial charge in [0, 0.05) is 47.6 Å². The van der Waals surface area contributed by atoms with E-state index in [4.69, 9.17) is 19.4 Å². The van der Waals surface area contributed by atoms with E-state index in [1.165, 1.54) is 53.2 Å². The molecule has 1 unspecified atom stereocenters. The van der Waals surface area contributed by atoms with Crippen LogP contribution in [0.3, 0.4) is 0 Å². The van der Waals surface area contributed by atoms with E-state index in [9.17, 15) is 0 Å². The van der Waals surface area contributed by atoms with Crippen molar-refractivity contribution < 1.29 is 4.42 Å². The number of hydrogen-bond acceptors (Lipinski definition) is 5. The predicted molar refractivity (Wildman–Crippen MR) is 281 cm³/mol. The van der Waals surface area contributed by atoms with Crippen LogP contribution in [0.1, 0.15) is 18.9 Å². The minimum absolute atomic E-state index is 0.483. The van der Waals surface area contributed by atoms with E-state index >= 15 is 0 Å². The second kappa shape index (κ2) is 16.0. The number of thiophene rings is 1. The second-order valence-electron chi connectivity index (χ2n) is 17.5. The second-order valence-corrected chi connectivity index (χ2v) is 18.5. The third-order valence-corrected chi connectivity index (χ3v) is 14.7. The lowest BCUT2D eigenvalue weighted by molar-refractivity contribution is 0.669. The molecule has 1 aliphatic carbocycles. The van der Waals surface area contributed by atoms with Gasteiger partial charge in [-0.25, -0.2) is 15.0 Å². The van der Waals surface area contributed by atoms with Gasteiger partial charge in [0.25, 0.3) is 0 Å². The molecule has 0 radical (unpaired) electrons. The number of benzene rings is 9. The summed E-state index contributed by atoms with van der Waals surface area (Å²) in [6.45, 7) is 2.30. The summed E-state index contributed by atoms with van der Waals surface area (Å²) >= 11 is 1.87. The molecule has 0 saturated carbocycles. The smallest absolute Gasteiger partial charge is 0.164 e. The maximum Gasteiger partial charge on any atom is 0.164 e. The molecular weight excluding hydrogens is 835 g/mol. The molecule has 3 aromatic heterocycles. The molecule has 3 heterocycles. The minimum atomic E-state index is 0.483. The Hall–Kier alpha value is -8.25. The molecular formula is C62H41N3OS. The van der Waals surface area contributed by atoms with E-state index in [1.54, 1.807) is 0 Å². The number of aromatic nitrogens is 3. The fraction of sp³-hybridized carbons (Fsp3) is 0.0484. The van der Waals surface area contributed by atoms with Crippen LogP contribution in [0.25, 0.3) is 126 Å². The summed E-state index contributed by atoms with van der Waals surface area (Å²) in [5.74, 6) is 2.27. The summed E-state index contributed by atoms with van der Waals surface area (Å²) in [5.41, 5.74) is 13.8. The zero-order valence-electron chi connectivity index (χ0n) is 36.6. The van der Waals surface area contributed by atoms with Gasteiger partial charge in [-0.15, -0.1) is 11.3 Å². The Balaban J connectivity index is 0.974. The third kappa shape index (κ3) is 6.78. The number of fused-ring (bicyclic) bond motifs is 8. The highest BCUT2D eigenvalue weighted by Crippen LogP contribution is 2.45. The van der Waals surface area contributed by atoms with E-state index in [1.807, 2.05) is 35.6 Å². The van der Waals surface area contributed by atoms with Crippen LogP contribution < -0.4 is 0 Å². The Morgan fingerprint density at radius 1 is 0.433 bits per heavy atom. The Kier molecular flexibility index (Phi) is 9.36. The van der Waals surface area contributed by atoms with E-state index in [2.05, 4.69) is 195 Å². The van der Waals surface area contributed by atoms with Crippen molar-refractivity contribution in [2.75, 3.05) is 0 Å². The van der Waals surface area contributed by atoms with Crippen molar-refractivity contribution in [3.63, 3.8) is 0 Å². The van der Waals surface area contributed by atoms with Crippen molar-refractivity contribution in [3.8, 4) is 67.5 Å².